The van der Waals surface area contributed by atoms with Crippen molar-refractivity contribution in [3.63, 3.8) is 0 Å². The van der Waals surface area contributed by atoms with Gasteiger partial charge in [0, 0.05) is 43.9 Å². The van der Waals surface area contributed by atoms with E-state index in [1.54, 1.807) is 5.38 Å². The van der Waals surface area contributed by atoms with E-state index >= 15 is 0 Å². The van der Waals surface area contributed by atoms with Crippen LogP contribution in [0.4, 0.5) is 11.8 Å². The van der Waals surface area contributed by atoms with Crippen LogP contribution in [-0.2, 0) is 26.7 Å². The summed E-state index contributed by atoms with van der Waals surface area (Å²) < 4.78 is 23.7. The molecule has 0 aliphatic carbocycles. The van der Waals surface area contributed by atoms with Crippen LogP contribution in [0.2, 0.25) is 0 Å². The smallest absolute Gasteiger partial charge is 0.358 e. The fourth-order valence-electron chi connectivity index (χ4n) is 4.14. The zero-order valence-electron chi connectivity index (χ0n) is 17.6. The summed E-state index contributed by atoms with van der Waals surface area (Å²) >= 11 is 1.43. The summed E-state index contributed by atoms with van der Waals surface area (Å²) in [5.41, 5.74) is 1.23. The van der Waals surface area contributed by atoms with E-state index in [0.717, 1.165) is 47.5 Å². The summed E-state index contributed by atoms with van der Waals surface area (Å²) in [4.78, 5) is 30.9. The normalized spacial score (nSPS) is 21.6. The van der Waals surface area contributed by atoms with Gasteiger partial charge in [0.25, 0.3) is 0 Å². The standard InChI is InChI=1S/C20H25N5O4S2/c1-12-21-16(11-30-12)19(26)29-14-9-25(10-14)20-22-15-5-8-31(27)17(15)18(23-20)24(2)13-3-6-28-7-4-13/h11,13-14H,3-10H2,1-2H3. The van der Waals surface area contributed by atoms with Gasteiger partial charge in [-0.25, -0.2) is 14.8 Å². The molecule has 2 saturated heterocycles. The number of hydrogen-bond donors (Lipinski definition) is 0. The lowest BCUT2D eigenvalue weighted by molar-refractivity contribution is 0.0225. The summed E-state index contributed by atoms with van der Waals surface area (Å²) in [6.45, 7) is 4.40. The molecule has 5 heterocycles. The van der Waals surface area contributed by atoms with E-state index in [0.29, 0.717) is 42.9 Å². The van der Waals surface area contributed by atoms with E-state index in [1.165, 1.54) is 11.3 Å². The molecule has 1 unspecified atom stereocenters. The number of hydrogen-bond acceptors (Lipinski definition) is 10. The molecule has 31 heavy (non-hydrogen) atoms. The molecule has 2 fully saturated rings. The van der Waals surface area contributed by atoms with Crippen LogP contribution in [0.3, 0.4) is 0 Å². The Morgan fingerprint density at radius 1 is 1.29 bits per heavy atom. The number of carbonyl (C=O) groups excluding carboxylic acids is 1. The van der Waals surface area contributed by atoms with E-state index in [1.807, 2.05) is 18.9 Å². The number of anilines is 2. The Kier molecular flexibility index (Phi) is 5.65. The number of thiazole rings is 1. The Morgan fingerprint density at radius 3 is 2.77 bits per heavy atom. The van der Waals surface area contributed by atoms with Crippen LogP contribution in [-0.4, -0.2) is 76.4 Å². The lowest BCUT2D eigenvalue weighted by atomic mass is 10.1. The first-order valence-corrected chi connectivity index (χ1v) is 12.7. The van der Waals surface area contributed by atoms with Crippen molar-refractivity contribution in [2.45, 2.75) is 43.2 Å². The predicted molar refractivity (Wildman–Crippen MR) is 118 cm³/mol. The fraction of sp³-hybridized carbons (Fsp3) is 0.600. The molecule has 3 aliphatic heterocycles. The quantitative estimate of drug-likeness (QED) is 0.612. The van der Waals surface area contributed by atoms with E-state index in [9.17, 15) is 9.00 Å². The average molecular weight is 464 g/mol. The molecular formula is C20H25N5O4S2. The maximum atomic E-state index is 12.7. The number of ether oxygens (including phenoxy) is 2. The van der Waals surface area contributed by atoms with Crippen LogP contribution in [0.25, 0.3) is 0 Å². The lowest BCUT2D eigenvalue weighted by Gasteiger charge is -2.39. The Bertz CT molecular complexity index is 1020. The van der Waals surface area contributed by atoms with Crippen molar-refractivity contribution < 1.29 is 18.5 Å². The molecule has 2 aromatic heterocycles. The van der Waals surface area contributed by atoms with Crippen molar-refractivity contribution in [2.24, 2.45) is 0 Å². The van der Waals surface area contributed by atoms with E-state index in [4.69, 9.17) is 19.4 Å². The molecule has 0 N–H and O–H groups in total. The SMILES string of the molecule is Cc1nc(C(=O)OC2CN(c3nc4c(c(N(C)C5CCOCC5)n3)S(=O)CC4)C2)cs1. The lowest BCUT2D eigenvalue weighted by Crippen LogP contribution is -2.54. The monoisotopic (exact) mass is 463 g/mol. The first-order valence-electron chi connectivity index (χ1n) is 10.5. The summed E-state index contributed by atoms with van der Waals surface area (Å²) in [5, 5.41) is 2.56. The highest BCUT2D eigenvalue weighted by atomic mass is 32.2. The van der Waals surface area contributed by atoms with Gasteiger partial charge in [0.15, 0.2) is 11.5 Å². The van der Waals surface area contributed by atoms with Gasteiger partial charge in [-0.15, -0.1) is 11.3 Å². The summed E-state index contributed by atoms with van der Waals surface area (Å²) in [6, 6.07) is 0.310. The van der Waals surface area contributed by atoms with Gasteiger partial charge in [-0.1, -0.05) is 0 Å². The molecule has 9 nitrogen and oxygen atoms in total. The van der Waals surface area contributed by atoms with Gasteiger partial charge >= 0.3 is 5.97 Å². The second kappa shape index (κ2) is 8.44. The Balaban J connectivity index is 1.31. The number of aromatic nitrogens is 3. The molecule has 0 bridgehead atoms. The third kappa shape index (κ3) is 4.06. The van der Waals surface area contributed by atoms with E-state index < -0.39 is 10.8 Å². The number of aryl methyl sites for hydroxylation is 2. The first kappa shape index (κ1) is 20.8. The average Bonchev–Trinajstić information content (AvgIpc) is 3.35. The third-order valence-electron chi connectivity index (χ3n) is 5.96. The number of carbonyl (C=O) groups is 1. The van der Waals surface area contributed by atoms with Gasteiger partial charge in [-0.2, -0.15) is 4.98 Å². The maximum Gasteiger partial charge on any atom is 0.358 e. The molecule has 0 spiro atoms. The maximum absolute atomic E-state index is 12.7. The van der Waals surface area contributed by atoms with Gasteiger partial charge in [0.1, 0.15) is 11.0 Å². The van der Waals surface area contributed by atoms with Gasteiger partial charge in [0.05, 0.1) is 34.6 Å². The Labute approximate surface area is 187 Å². The van der Waals surface area contributed by atoms with Crippen LogP contribution < -0.4 is 9.80 Å². The number of rotatable bonds is 5. The van der Waals surface area contributed by atoms with Gasteiger partial charge in [-0.05, 0) is 19.8 Å². The van der Waals surface area contributed by atoms with Crippen molar-refractivity contribution in [3.8, 4) is 0 Å². The van der Waals surface area contributed by atoms with Crippen LogP contribution in [0.1, 0.15) is 34.0 Å². The zero-order valence-corrected chi connectivity index (χ0v) is 19.2. The summed E-state index contributed by atoms with van der Waals surface area (Å²) in [7, 11) is 0.957. The minimum Gasteiger partial charge on any atom is -0.454 e. The number of esters is 1. The highest BCUT2D eigenvalue weighted by molar-refractivity contribution is 7.85. The highest BCUT2D eigenvalue weighted by Gasteiger charge is 2.36. The Morgan fingerprint density at radius 2 is 2.06 bits per heavy atom. The topological polar surface area (TPSA) is 97.8 Å². The minimum atomic E-state index is -1.07. The van der Waals surface area contributed by atoms with Gasteiger partial charge in [0.2, 0.25) is 5.95 Å². The van der Waals surface area contributed by atoms with Crippen molar-refractivity contribution in [3.05, 3.63) is 21.8 Å². The third-order valence-corrected chi connectivity index (χ3v) is 8.19. The highest BCUT2D eigenvalue weighted by Crippen LogP contribution is 2.34. The predicted octanol–water partition coefficient (Wildman–Crippen LogP) is 1.57. The molecular weight excluding hydrogens is 438 g/mol. The molecule has 0 saturated carbocycles. The molecule has 11 heteroatoms. The van der Waals surface area contributed by atoms with E-state index in [-0.39, 0.29) is 12.1 Å². The summed E-state index contributed by atoms with van der Waals surface area (Å²) in [5.74, 6) is 1.58. The number of fused-ring (bicyclic) bond motifs is 1. The molecule has 3 aliphatic rings. The van der Waals surface area contributed by atoms with Crippen LogP contribution in [0.5, 0.6) is 0 Å². The van der Waals surface area contributed by atoms with Crippen molar-refractivity contribution in [1.29, 1.82) is 0 Å². The molecule has 0 amide bonds. The second-order valence-corrected chi connectivity index (χ2v) is 10.6. The van der Waals surface area contributed by atoms with Crippen molar-refractivity contribution >= 4 is 39.9 Å². The van der Waals surface area contributed by atoms with Crippen LogP contribution in [0.15, 0.2) is 10.3 Å². The largest absolute Gasteiger partial charge is 0.454 e. The minimum absolute atomic E-state index is 0.211. The molecule has 2 aromatic rings. The zero-order chi connectivity index (χ0) is 21.5. The first-order chi connectivity index (χ1) is 15.0. The molecule has 166 valence electrons. The van der Waals surface area contributed by atoms with Gasteiger partial charge in [-0.3, -0.25) is 4.21 Å². The fourth-order valence-corrected chi connectivity index (χ4v) is 6.10. The van der Waals surface area contributed by atoms with E-state index in [2.05, 4.69) is 9.88 Å². The second-order valence-electron chi connectivity index (χ2n) is 8.06. The summed E-state index contributed by atoms with van der Waals surface area (Å²) in [6.07, 6.45) is 2.34. The molecule has 1 atom stereocenters. The Hall–Kier alpha value is -2.11. The van der Waals surface area contributed by atoms with Gasteiger partial charge < -0.3 is 19.3 Å². The number of nitrogens with zero attached hydrogens (tertiary/aromatic N) is 5. The van der Waals surface area contributed by atoms with Crippen LogP contribution >= 0.6 is 11.3 Å². The van der Waals surface area contributed by atoms with Crippen LogP contribution in [0, 0.1) is 6.92 Å². The molecule has 0 aromatic carbocycles. The van der Waals surface area contributed by atoms with Crippen molar-refractivity contribution in [2.75, 3.05) is 48.9 Å². The van der Waals surface area contributed by atoms with Crippen molar-refractivity contribution in [1.82, 2.24) is 15.0 Å². The molecule has 5 rings (SSSR count). The molecule has 0 radical (unpaired) electrons.